The van der Waals surface area contributed by atoms with Gasteiger partial charge in [0.15, 0.2) is 0 Å². The first-order valence-corrected chi connectivity index (χ1v) is 34.5. The molecule has 0 aliphatic heterocycles. The van der Waals surface area contributed by atoms with E-state index in [2.05, 4.69) is 37.2 Å². The third kappa shape index (κ3) is 29.5. The van der Waals surface area contributed by atoms with Gasteiger partial charge in [-0.15, -0.1) is 0 Å². The standard InChI is InChI=1S/C72H111N13O12/c1-45(2)37-57(77)69(90)79-50-22-26-62(95-34-18-10-14-30-74)54(42-50)66(87)84-59(39-47(5)6)71(92)81-52-24-28-64(97-36-20-12-16-32-76)56(44-52)68(89)85-60(40-48(7)8)72(93)82-51-23-27-63(96-35-19-11-15-31-75)55(43-51)67(88)83-58(38-46(3)4)70(91)80-49-21-25-61(53(41-49)65(78)86)94-33-17-9-13-29-73/h21-28,41-48,57-60H,9-20,29-40,73-77H2,1-8H3,(H2,78,86)(H,79,90)(H,80,91)(H,81,92)(H,82,93)(H,83,88)(H,84,87)(H,85,89)/t57-,58-,59-,60-/m0/s1. The molecule has 25 nitrogen and oxygen atoms in total. The quantitative estimate of drug-likeness (QED) is 0.0184. The van der Waals surface area contributed by atoms with Gasteiger partial charge in [-0.2, -0.15) is 0 Å². The van der Waals surface area contributed by atoms with Gasteiger partial charge in [-0.05, 0) is 225 Å². The molecule has 536 valence electrons. The number of unbranched alkanes of at least 4 members (excludes halogenated alkanes) is 8. The second kappa shape index (κ2) is 43.7. The van der Waals surface area contributed by atoms with E-state index in [9.17, 15) is 38.4 Å². The van der Waals surface area contributed by atoms with Crippen LogP contribution in [0, 0.1) is 23.7 Å². The van der Waals surface area contributed by atoms with E-state index in [1.165, 1.54) is 24.3 Å². The van der Waals surface area contributed by atoms with Crippen molar-refractivity contribution in [2.45, 2.75) is 182 Å². The first kappa shape index (κ1) is 81.1. The third-order valence-electron chi connectivity index (χ3n) is 15.5. The minimum atomic E-state index is -1.16. The molecule has 4 aromatic rings. The summed E-state index contributed by atoms with van der Waals surface area (Å²) >= 11 is 0. The molecule has 97 heavy (non-hydrogen) atoms. The van der Waals surface area contributed by atoms with Crippen LogP contribution >= 0.6 is 0 Å². The number of carbonyl (C=O) groups excluding carboxylic acids is 8. The van der Waals surface area contributed by atoms with Crippen LogP contribution in [0.3, 0.4) is 0 Å². The lowest BCUT2D eigenvalue weighted by molar-refractivity contribution is -0.119. The summed E-state index contributed by atoms with van der Waals surface area (Å²) < 4.78 is 24.3. The number of hydrogen-bond acceptors (Lipinski definition) is 17. The van der Waals surface area contributed by atoms with Crippen molar-refractivity contribution in [3.05, 3.63) is 95.1 Å². The first-order chi connectivity index (χ1) is 46.4. The van der Waals surface area contributed by atoms with Crippen molar-refractivity contribution in [1.29, 1.82) is 0 Å². The third-order valence-corrected chi connectivity index (χ3v) is 15.5. The van der Waals surface area contributed by atoms with Crippen LogP contribution in [0.25, 0.3) is 0 Å². The molecule has 0 saturated carbocycles. The molecule has 4 aromatic carbocycles. The largest absolute Gasteiger partial charge is 0.493 e. The minimum Gasteiger partial charge on any atom is -0.493 e. The van der Waals surface area contributed by atoms with E-state index >= 15 is 0 Å². The van der Waals surface area contributed by atoms with E-state index in [-0.39, 0.29) is 125 Å². The van der Waals surface area contributed by atoms with Gasteiger partial charge in [-0.3, -0.25) is 38.4 Å². The van der Waals surface area contributed by atoms with E-state index in [0.29, 0.717) is 64.2 Å². The van der Waals surface area contributed by atoms with Crippen LogP contribution < -0.4 is 90.6 Å². The second-order valence-electron chi connectivity index (χ2n) is 26.2. The van der Waals surface area contributed by atoms with Gasteiger partial charge in [-0.1, -0.05) is 55.4 Å². The van der Waals surface area contributed by atoms with Crippen LogP contribution in [0.5, 0.6) is 23.0 Å². The van der Waals surface area contributed by atoms with Crippen molar-refractivity contribution in [2.75, 3.05) is 73.9 Å². The summed E-state index contributed by atoms with van der Waals surface area (Å²) in [6, 6.07) is 14.2. The fourth-order valence-corrected chi connectivity index (χ4v) is 10.4. The number of nitrogens with two attached hydrogens (primary N) is 6. The summed E-state index contributed by atoms with van der Waals surface area (Å²) in [4.78, 5) is 113. The predicted octanol–water partition coefficient (Wildman–Crippen LogP) is 8.48. The molecular formula is C72H111N13O12. The average Bonchev–Trinajstić information content (AvgIpc) is 0.850. The Morgan fingerprint density at radius 2 is 0.588 bits per heavy atom. The van der Waals surface area contributed by atoms with Crippen LogP contribution in [0.1, 0.15) is 200 Å². The lowest BCUT2D eigenvalue weighted by Crippen LogP contribution is -2.45. The molecule has 0 radical (unpaired) electrons. The number of primary amides is 1. The highest BCUT2D eigenvalue weighted by atomic mass is 16.5. The smallest absolute Gasteiger partial charge is 0.255 e. The molecule has 0 aliphatic rings. The number of benzene rings is 4. The first-order valence-electron chi connectivity index (χ1n) is 34.5. The van der Waals surface area contributed by atoms with Crippen molar-refractivity contribution in [3.8, 4) is 23.0 Å². The highest BCUT2D eigenvalue weighted by molar-refractivity contribution is 6.07. The molecule has 0 aliphatic carbocycles. The molecule has 25 heteroatoms. The number of nitrogens with one attached hydrogen (secondary N) is 7. The van der Waals surface area contributed by atoms with Crippen LogP contribution in [0.15, 0.2) is 72.8 Å². The second-order valence-corrected chi connectivity index (χ2v) is 26.2. The monoisotopic (exact) mass is 1350 g/mol. The number of hydrogen-bond donors (Lipinski definition) is 13. The van der Waals surface area contributed by atoms with Gasteiger partial charge in [0.05, 0.1) is 54.7 Å². The van der Waals surface area contributed by atoms with Gasteiger partial charge in [0.1, 0.15) is 41.1 Å². The van der Waals surface area contributed by atoms with Crippen molar-refractivity contribution in [3.63, 3.8) is 0 Å². The number of rotatable bonds is 47. The summed E-state index contributed by atoms with van der Waals surface area (Å²) in [6.45, 7) is 18.5. The van der Waals surface area contributed by atoms with Gasteiger partial charge in [-0.25, -0.2) is 0 Å². The Bertz CT molecular complexity index is 3160. The predicted molar refractivity (Wildman–Crippen MR) is 382 cm³/mol. The highest BCUT2D eigenvalue weighted by Gasteiger charge is 2.30. The van der Waals surface area contributed by atoms with Crippen molar-refractivity contribution in [1.82, 2.24) is 16.0 Å². The Kier molecular flexibility index (Phi) is 36.6. The zero-order valence-electron chi connectivity index (χ0n) is 58.4. The zero-order chi connectivity index (χ0) is 71.4. The summed E-state index contributed by atoms with van der Waals surface area (Å²) in [7, 11) is 0. The Morgan fingerprint density at radius 3 is 0.835 bits per heavy atom. The van der Waals surface area contributed by atoms with Gasteiger partial charge in [0, 0.05) is 22.7 Å². The van der Waals surface area contributed by atoms with Crippen molar-refractivity contribution in [2.24, 2.45) is 58.1 Å². The van der Waals surface area contributed by atoms with Crippen LogP contribution in [-0.2, 0) is 19.2 Å². The maximum Gasteiger partial charge on any atom is 0.255 e. The Labute approximate surface area is 573 Å². The van der Waals surface area contributed by atoms with Gasteiger partial charge >= 0.3 is 0 Å². The maximum atomic E-state index is 14.8. The SMILES string of the molecule is CC(C)C[C@H](NC(=O)c1cc(NC(=O)[C@H](CC(C)C)NC(=O)c2cc(NC(=O)[C@H](CC(C)C)NC(=O)c3cc(NC(=O)[C@@H](N)CC(C)C)ccc3OCCCCCN)ccc2OCCCCCN)ccc1OCCCCCN)C(=O)Nc1ccc(OCCCCCN)c(C(N)=O)c1. The van der Waals surface area contributed by atoms with E-state index in [1.807, 2.05) is 55.4 Å². The van der Waals surface area contributed by atoms with Crippen molar-refractivity contribution >= 4 is 70.0 Å². The van der Waals surface area contributed by atoms with Crippen LogP contribution in [-0.4, -0.2) is 124 Å². The minimum absolute atomic E-state index is 0.00110. The molecule has 4 rings (SSSR count). The summed E-state index contributed by atoms with van der Waals surface area (Å²) in [5, 5.41) is 20.1. The van der Waals surface area contributed by atoms with E-state index in [4.69, 9.17) is 53.3 Å². The lowest BCUT2D eigenvalue weighted by atomic mass is 10.0. The molecule has 19 N–H and O–H groups in total. The lowest BCUT2D eigenvalue weighted by Gasteiger charge is -2.23. The molecule has 0 saturated heterocycles. The molecule has 8 amide bonds. The number of carbonyl (C=O) groups is 8. The van der Waals surface area contributed by atoms with Gasteiger partial charge in [0.25, 0.3) is 23.6 Å². The maximum absolute atomic E-state index is 14.8. The van der Waals surface area contributed by atoms with E-state index in [1.54, 1.807) is 48.5 Å². The zero-order valence-corrected chi connectivity index (χ0v) is 58.4. The normalized spacial score (nSPS) is 12.5. The molecule has 0 spiro atoms. The highest BCUT2D eigenvalue weighted by Crippen LogP contribution is 2.30. The molecule has 0 heterocycles. The molecule has 0 bridgehead atoms. The molecular weight excluding hydrogens is 1240 g/mol. The van der Waals surface area contributed by atoms with Crippen LogP contribution in [0.4, 0.5) is 22.7 Å². The summed E-state index contributed by atoms with van der Waals surface area (Å²) in [6.07, 6.45) is 10.0. The molecule has 4 atom stereocenters. The van der Waals surface area contributed by atoms with E-state index < -0.39 is 71.4 Å². The fraction of sp³-hybridized carbons (Fsp3) is 0.556. The summed E-state index contributed by atoms with van der Waals surface area (Å²) in [5.74, 6) is -4.25. The Hall–Kier alpha value is -8.36. The molecule has 0 unspecified atom stereocenters. The molecule has 0 aromatic heterocycles. The summed E-state index contributed by atoms with van der Waals surface area (Å²) in [5.41, 5.74) is 35.9. The average molecular weight is 1350 g/mol. The van der Waals surface area contributed by atoms with Crippen LogP contribution in [0.2, 0.25) is 0 Å². The Balaban J connectivity index is 1.66. The molecule has 0 fully saturated rings. The van der Waals surface area contributed by atoms with Crippen molar-refractivity contribution < 1.29 is 57.3 Å². The fourth-order valence-electron chi connectivity index (χ4n) is 10.4. The van der Waals surface area contributed by atoms with E-state index in [0.717, 1.165) is 57.8 Å². The number of amides is 8. The number of anilines is 4. The number of ether oxygens (including phenoxy) is 4. The topological polar surface area (TPSA) is 414 Å². The van der Waals surface area contributed by atoms with Gasteiger partial charge in [0.2, 0.25) is 23.6 Å². The Morgan fingerprint density at radius 1 is 0.340 bits per heavy atom. The van der Waals surface area contributed by atoms with Gasteiger partial charge < -0.3 is 90.6 Å².